The minimum Gasteiger partial charge on any atom is -0.308 e. The molecule has 5 heteroatoms. The third-order valence-corrected chi connectivity index (χ3v) is 10.8. The standard InChI is InChI=1S/C49H37N5/c1-30-17-15-18-31(2)43(30)53-40-27-13-11-25-36(40)38-29-39-37-26-12-14-28-41(37)54(44-32(3)19-16-20-33(44)4)46(39)42(45(38)53)49-51-47(34-21-7-5-8-22-34)50-48(52-49)35-23-9-6-10-24-35/h5-29H,1-4H3. The molecule has 0 aliphatic carbocycles. The van der Waals surface area contributed by atoms with Crippen LogP contribution < -0.4 is 0 Å². The summed E-state index contributed by atoms with van der Waals surface area (Å²) >= 11 is 0. The molecule has 0 spiro atoms. The second-order valence-electron chi connectivity index (χ2n) is 14.3. The maximum absolute atomic E-state index is 5.45. The van der Waals surface area contributed by atoms with Crippen LogP contribution in [0.25, 0.3) is 89.2 Å². The summed E-state index contributed by atoms with van der Waals surface area (Å²) in [7, 11) is 0. The van der Waals surface area contributed by atoms with Crippen molar-refractivity contribution in [3.05, 3.63) is 174 Å². The Morgan fingerprint density at radius 3 is 1.15 bits per heavy atom. The minimum absolute atomic E-state index is 0.629. The van der Waals surface area contributed by atoms with E-state index in [-0.39, 0.29) is 0 Å². The number of hydrogen-bond acceptors (Lipinski definition) is 3. The lowest BCUT2D eigenvalue weighted by Crippen LogP contribution is -2.06. The molecule has 10 rings (SSSR count). The van der Waals surface area contributed by atoms with Gasteiger partial charge in [0, 0.05) is 32.7 Å². The highest BCUT2D eigenvalue weighted by Crippen LogP contribution is 2.47. The first-order valence-corrected chi connectivity index (χ1v) is 18.5. The molecule has 0 saturated carbocycles. The van der Waals surface area contributed by atoms with Gasteiger partial charge in [-0.1, -0.05) is 133 Å². The van der Waals surface area contributed by atoms with E-state index in [2.05, 4.69) is 152 Å². The van der Waals surface area contributed by atoms with Crippen molar-refractivity contribution >= 4 is 43.6 Å². The van der Waals surface area contributed by atoms with Gasteiger partial charge < -0.3 is 9.13 Å². The number of rotatable bonds is 5. The molecule has 0 N–H and O–H groups in total. The number of hydrogen-bond donors (Lipinski definition) is 0. The van der Waals surface area contributed by atoms with Crippen LogP contribution in [0.15, 0.2) is 152 Å². The van der Waals surface area contributed by atoms with Crippen molar-refractivity contribution in [2.45, 2.75) is 27.7 Å². The Balaban J connectivity index is 1.51. The molecule has 5 nitrogen and oxygen atoms in total. The van der Waals surface area contributed by atoms with E-state index in [1.807, 2.05) is 36.4 Å². The van der Waals surface area contributed by atoms with E-state index in [1.54, 1.807) is 0 Å². The van der Waals surface area contributed by atoms with Gasteiger partial charge in [0.15, 0.2) is 17.5 Å². The quantitative estimate of drug-likeness (QED) is 0.180. The molecule has 3 aromatic heterocycles. The Labute approximate surface area is 313 Å². The van der Waals surface area contributed by atoms with Gasteiger partial charge in [0.05, 0.1) is 39.0 Å². The van der Waals surface area contributed by atoms with E-state index in [0.717, 1.165) is 49.5 Å². The molecule has 258 valence electrons. The zero-order valence-corrected chi connectivity index (χ0v) is 30.7. The van der Waals surface area contributed by atoms with Gasteiger partial charge in [-0.25, -0.2) is 15.0 Å². The van der Waals surface area contributed by atoms with Crippen LogP contribution in [-0.2, 0) is 0 Å². The van der Waals surface area contributed by atoms with Crippen LogP contribution in [0.1, 0.15) is 22.3 Å². The van der Waals surface area contributed by atoms with Crippen molar-refractivity contribution < 1.29 is 0 Å². The van der Waals surface area contributed by atoms with Crippen molar-refractivity contribution in [3.63, 3.8) is 0 Å². The molecule has 10 aromatic rings. The molecule has 0 unspecified atom stereocenters. The zero-order chi connectivity index (χ0) is 36.5. The summed E-state index contributed by atoms with van der Waals surface area (Å²) in [6, 6.07) is 53.6. The largest absolute Gasteiger partial charge is 0.308 e. The van der Waals surface area contributed by atoms with Gasteiger partial charge in [-0.3, -0.25) is 0 Å². The van der Waals surface area contributed by atoms with Crippen LogP contribution in [0, 0.1) is 27.7 Å². The Bertz CT molecular complexity index is 2840. The van der Waals surface area contributed by atoms with Gasteiger partial charge in [-0.2, -0.15) is 0 Å². The Morgan fingerprint density at radius 2 is 0.722 bits per heavy atom. The molecule has 0 radical (unpaired) electrons. The van der Waals surface area contributed by atoms with E-state index in [9.17, 15) is 0 Å². The molecular formula is C49H37N5. The number of aryl methyl sites for hydroxylation is 4. The van der Waals surface area contributed by atoms with Gasteiger partial charge in [-0.15, -0.1) is 0 Å². The number of aromatic nitrogens is 5. The van der Waals surface area contributed by atoms with Crippen LogP contribution in [-0.4, -0.2) is 24.1 Å². The van der Waals surface area contributed by atoms with Crippen molar-refractivity contribution in [3.8, 4) is 45.5 Å². The second-order valence-corrected chi connectivity index (χ2v) is 14.3. The number of para-hydroxylation sites is 4. The van der Waals surface area contributed by atoms with Crippen LogP contribution in [0.3, 0.4) is 0 Å². The first kappa shape index (κ1) is 31.9. The van der Waals surface area contributed by atoms with Crippen molar-refractivity contribution in [2.75, 3.05) is 0 Å². The maximum atomic E-state index is 5.45. The third-order valence-electron chi connectivity index (χ3n) is 10.8. The van der Waals surface area contributed by atoms with Crippen molar-refractivity contribution in [2.24, 2.45) is 0 Å². The summed E-state index contributed by atoms with van der Waals surface area (Å²) < 4.78 is 4.93. The van der Waals surface area contributed by atoms with Gasteiger partial charge in [-0.05, 0) is 68.1 Å². The molecule has 0 saturated heterocycles. The predicted molar refractivity (Wildman–Crippen MR) is 224 cm³/mol. The molecule has 0 aliphatic rings. The summed E-state index contributed by atoms with van der Waals surface area (Å²) in [5, 5.41) is 4.68. The molecular weight excluding hydrogens is 659 g/mol. The average molecular weight is 696 g/mol. The van der Waals surface area contributed by atoms with Crippen LogP contribution >= 0.6 is 0 Å². The fourth-order valence-electron chi connectivity index (χ4n) is 8.48. The highest BCUT2D eigenvalue weighted by Gasteiger charge is 2.28. The molecule has 0 aliphatic heterocycles. The lowest BCUT2D eigenvalue weighted by Gasteiger charge is -2.19. The molecule has 0 atom stereocenters. The van der Waals surface area contributed by atoms with E-state index in [4.69, 9.17) is 15.0 Å². The lowest BCUT2D eigenvalue weighted by molar-refractivity contribution is 1.06. The summed E-state index contributed by atoms with van der Waals surface area (Å²) in [5.74, 6) is 1.90. The van der Waals surface area contributed by atoms with Gasteiger partial charge in [0.2, 0.25) is 0 Å². The minimum atomic E-state index is 0.629. The monoisotopic (exact) mass is 695 g/mol. The Morgan fingerprint density at radius 1 is 0.352 bits per heavy atom. The fourth-order valence-corrected chi connectivity index (χ4v) is 8.48. The number of nitrogens with zero attached hydrogens (tertiary/aromatic N) is 5. The number of benzene rings is 7. The lowest BCUT2D eigenvalue weighted by atomic mass is 10.0. The molecule has 0 bridgehead atoms. The SMILES string of the molecule is Cc1cccc(C)c1-n1c2ccccc2c2cc3c4ccccc4n(-c4c(C)cccc4C)c3c(-c3nc(-c4ccccc4)nc(-c4ccccc4)n3)c21. The average Bonchev–Trinajstić information content (AvgIpc) is 3.70. The maximum Gasteiger partial charge on any atom is 0.168 e. The van der Waals surface area contributed by atoms with Crippen LogP contribution in [0.2, 0.25) is 0 Å². The van der Waals surface area contributed by atoms with Gasteiger partial charge in [0.1, 0.15) is 0 Å². The molecule has 3 heterocycles. The third kappa shape index (κ3) is 4.82. The van der Waals surface area contributed by atoms with E-state index >= 15 is 0 Å². The zero-order valence-electron chi connectivity index (χ0n) is 30.7. The topological polar surface area (TPSA) is 48.5 Å². The Hall–Kier alpha value is -6.85. The first-order valence-electron chi connectivity index (χ1n) is 18.5. The summed E-state index contributed by atoms with van der Waals surface area (Å²) in [5.41, 5.74) is 14.4. The first-order chi connectivity index (χ1) is 26.5. The number of fused-ring (bicyclic) bond motifs is 6. The highest BCUT2D eigenvalue weighted by atomic mass is 15.1. The summed E-state index contributed by atoms with van der Waals surface area (Å²) in [4.78, 5) is 16.0. The molecule has 0 fully saturated rings. The smallest absolute Gasteiger partial charge is 0.168 e. The summed E-state index contributed by atoms with van der Waals surface area (Å²) in [6.45, 7) is 8.83. The van der Waals surface area contributed by atoms with E-state index in [1.165, 1.54) is 44.4 Å². The fraction of sp³-hybridized carbons (Fsp3) is 0.0816. The van der Waals surface area contributed by atoms with Crippen LogP contribution in [0.4, 0.5) is 0 Å². The van der Waals surface area contributed by atoms with Crippen molar-refractivity contribution in [1.29, 1.82) is 0 Å². The van der Waals surface area contributed by atoms with Crippen molar-refractivity contribution in [1.82, 2.24) is 24.1 Å². The predicted octanol–water partition coefficient (Wildman–Crippen LogP) is 12.3. The summed E-state index contributed by atoms with van der Waals surface area (Å²) in [6.07, 6.45) is 0. The molecule has 7 aromatic carbocycles. The molecule has 54 heavy (non-hydrogen) atoms. The Kier molecular flexibility index (Phi) is 7.31. The highest BCUT2D eigenvalue weighted by molar-refractivity contribution is 6.25. The van der Waals surface area contributed by atoms with Crippen LogP contribution in [0.5, 0.6) is 0 Å². The van der Waals surface area contributed by atoms with Gasteiger partial charge in [0.25, 0.3) is 0 Å². The second kappa shape index (κ2) is 12.4. The van der Waals surface area contributed by atoms with E-state index < -0.39 is 0 Å². The normalized spacial score (nSPS) is 11.7. The van der Waals surface area contributed by atoms with Gasteiger partial charge >= 0.3 is 0 Å². The van der Waals surface area contributed by atoms with E-state index in [0.29, 0.717) is 17.5 Å². The molecule has 0 amide bonds.